The van der Waals surface area contributed by atoms with E-state index in [0.717, 1.165) is 0 Å². The first-order valence-electron chi connectivity index (χ1n) is 1.98. The van der Waals surface area contributed by atoms with E-state index in [0.29, 0.717) is 0 Å². The van der Waals surface area contributed by atoms with E-state index in [1.165, 1.54) is 6.92 Å². The molecule has 0 aliphatic rings. The molecule has 0 aliphatic carbocycles. The standard InChI is InChI=1S/C3H7BO4/c1-3(2)7-8-4(5)6/h5-6H,1H2,2H3. The highest BCUT2D eigenvalue weighted by Gasteiger charge is 2.09. The van der Waals surface area contributed by atoms with Gasteiger partial charge in [-0.1, -0.05) is 6.58 Å². The summed E-state index contributed by atoms with van der Waals surface area (Å²) in [6.07, 6.45) is 0. The van der Waals surface area contributed by atoms with Crippen molar-refractivity contribution >= 4 is 7.32 Å². The van der Waals surface area contributed by atoms with Gasteiger partial charge in [-0.15, -0.1) is 0 Å². The molecule has 0 fully saturated rings. The highest BCUT2D eigenvalue weighted by atomic mass is 17.2. The van der Waals surface area contributed by atoms with Crippen LogP contribution < -0.4 is 0 Å². The van der Waals surface area contributed by atoms with Crippen LogP contribution in [-0.2, 0) is 9.69 Å². The Morgan fingerprint density at radius 3 is 2.25 bits per heavy atom. The lowest BCUT2D eigenvalue weighted by molar-refractivity contribution is -0.196. The molecule has 0 aromatic heterocycles. The van der Waals surface area contributed by atoms with Crippen molar-refractivity contribution in [1.82, 2.24) is 0 Å². The summed E-state index contributed by atoms with van der Waals surface area (Å²) in [7, 11) is -1.90. The molecule has 8 heavy (non-hydrogen) atoms. The summed E-state index contributed by atoms with van der Waals surface area (Å²) in [5.41, 5.74) is 0. The fraction of sp³-hybridized carbons (Fsp3) is 0.333. The van der Waals surface area contributed by atoms with Crippen LogP contribution in [-0.4, -0.2) is 17.4 Å². The summed E-state index contributed by atoms with van der Waals surface area (Å²) < 4.78 is 0. The molecule has 0 aromatic rings. The highest BCUT2D eigenvalue weighted by Crippen LogP contribution is 1.90. The Morgan fingerprint density at radius 2 is 2.12 bits per heavy atom. The van der Waals surface area contributed by atoms with Gasteiger partial charge in [0, 0.05) is 0 Å². The first kappa shape index (κ1) is 7.48. The first-order valence-corrected chi connectivity index (χ1v) is 1.98. The lowest BCUT2D eigenvalue weighted by Crippen LogP contribution is -2.16. The van der Waals surface area contributed by atoms with Gasteiger partial charge in [0.25, 0.3) is 0 Å². The van der Waals surface area contributed by atoms with Crippen molar-refractivity contribution in [3.8, 4) is 0 Å². The van der Waals surface area contributed by atoms with E-state index in [9.17, 15) is 0 Å². The second kappa shape index (κ2) is 3.48. The van der Waals surface area contributed by atoms with Crippen LogP contribution in [0.5, 0.6) is 0 Å². The minimum atomic E-state index is -1.90. The summed E-state index contributed by atoms with van der Waals surface area (Å²) >= 11 is 0. The molecule has 0 bridgehead atoms. The molecule has 0 heterocycles. The third-order valence-corrected chi connectivity index (χ3v) is 0.276. The second-order valence-corrected chi connectivity index (χ2v) is 1.21. The molecular formula is C3H7BO4. The third kappa shape index (κ3) is 5.48. The van der Waals surface area contributed by atoms with E-state index in [-0.39, 0.29) is 5.76 Å². The van der Waals surface area contributed by atoms with Crippen LogP contribution in [0.25, 0.3) is 0 Å². The fourth-order valence-corrected chi connectivity index (χ4v) is 0.125. The summed E-state index contributed by atoms with van der Waals surface area (Å²) in [5.74, 6) is 0.262. The molecule has 0 rings (SSSR count). The Morgan fingerprint density at radius 1 is 1.62 bits per heavy atom. The van der Waals surface area contributed by atoms with Crippen molar-refractivity contribution in [1.29, 1.82) is 0 Å². The zero-order valence-electron chi connectivity index (χ0n) is 4.50. The van der Waals surface area contributed by atoms with Crippen LogP contribution in [0.1, 0.15) is 6.92 Å². The molecule has 0 unspecified atom stereocenters. The first-order chi connectivity index (χ1) is 3.63. The maximum atomic E-state index is 7.97. The average Bonchev–Trinajstić information content (AvgIpc) is 1.61. The molecular weight excluding hydrogens is 111 g/mol. The molecule has 0 radical (unpaired) electrons. The van der Waals surface area contributed by atoms with Gasteiger partial charge in [0.05, 0.1) is 0 Å². The summed E-state index contributed by atoms with van der Waals surface area (Å²) in [6, 6.07) is 0. The summed E-state index contributed by atoms with van der Waals surface area (Å²) in [4.78, 5) is 7.92. The van der Waals surface area contributed by atoms with Crippen LogP contribution in [0.2, 0.25) is 0 Å². The van der Waals surface area contributed by atoms with Crippen molar-refractivity contribution in [3.05, 3.63) is 12.3 Å². The molecule has 0 saturated carbocycles. The maximum absolute atomic E-state index is 7.97. The summed E-state index contributed by atoms with van der Waals surface area (Å²) in [5, 5.41) is 15.9. The van der Waals surface area contributed by atoms with Crippen molar-refractivity contribution < 1.29 is 19.7 Å². The van der Waals surface area contributed by atoms with Crippen LogP contribution in [0.3, 0.4) is 0 Å². The smallest absolute Gasteiger partial charge is 0.400 e. The highest BCUT2D eigenvalue weighted by molar-refractivity contribution is 6.32. The average molecular weight is 118 g/mol. The van der Waals surface area contributed by atoms with Gasteiger partial charge in [-0.05, 0) is 6.92 Å². The molecule has 0 amide bonds. The second-order valence-electron chi connectivity index (χ2n) is 1.21. The van der Waals surface area contributed by atoms with E-state index >= 15 is 0 Å². The van der Waals surface area contributed by atoms with Gasteiger partial charge < -0.3 is 14.9 Å². The van der Waals surface area contributed by atoms with E-state index < -0.39 is 7.32 Å². The van der Waals surface area contributed by atoms with E-state index in [1.54, 1.807) is 0 Å². The Balaban J connectivity index is 3.05. The molecule has 5 heteroatoms. The molecule has 2 N–H and O–H groups in total. The van der Waals surface area contributed by atoms with Crippen molar-refractivity contribution in [2.75, 3.05) is 0 Å². The maximum Gasteiger partial charge on any atom is 0.672 e. The largest absolute Gasteiger partial charge is 0.672 e. The van der Waals surface area contributed by atoms with Crippen molar-refractivity contribution in [3.63, 3.8) is 0 Å². The normalized spacial score (nSPS) is 8.38. The molecule has 4 nitrogen and oxygen atoms in total. The fourth-order valence-electron chi connectivity index (χ4n) is 0.125. The minimum Gasteiger partial charge on any atom is -0.400 e. The molecule has 0 atom stereocenters. The predicted molar refractivity (Wildman–Crippen MR) is 27.2 cm³/mol. The number of rotatable bonds is 3. The Labute approximate surface area is 47.5 Å². The lowest BCUT2D eigenvalue weighted by atomic mass is 10.3. The van der Waals surface area contributed by atoms with Gasteiger partial charge in [-0.2, -0.15) is 4.81 Å². The Kier molecular flexibility index (Phi) is 3.26. The monoisotopic (exact) mass is 118 g/mol. The SMILES string of the molecule is C=C(C)OOB(O)O. The van der Waals surface area contributed by atoms with Crippen molar-refractivity contribution in [2.45, 2.75) is 6.92 Å². The van der Waals surface area contributed by atoms with Gasteiger partial charge in [0.2, 0.25) is 0 Å². The van der Waals surface area contributed by atoms with Crippen LogP contribution in [0.15, 0.2) is 12.3 Å². The van der Waals surface area contributed by atoms with Crippen LogP contribution in [0, 0.1) is 0 Å². The quantitative estimate of drug-likeness (QED) is 0.225. The minimum absolute atomic E-state index is 0.262. The van der Waals surface area contributed by atoms with Gasteiger partial charge in [0.1, 0.15) is 5.76 Å². The van der Waals surface area contributed by atoms with E-state index in [2.05, 4.69) is 16.3 Å². The molecule has 0 aliphatic heterocycles. The molecule has 0 aromatic carbocycles. The molecule has 46 valence electrons. The third-order valence-electron chi connectivity index (χ3n) is 0.276. The van der Waals surface area contributed by atoms with Crippen LogP contribution in [0.4, 0.5) is 0 Å². The van der Waals surface area contributed by atoms with E-state index in [4.69, 9.17) is 10.0 Å². The molecule has 0 saturated heterocycles. The Hall–Kier alpha value is -0.515. The number of hydrogen-bond acceptors (Lipinski definition) is 4. The number of hydrogen-bond donors (Lipinski definition) is 2. The topological polar surface area (TPSA) is 58.9 Å². The van der Waals surface area contributed by atoms with Gasteiger partial charge in [-0.3, -0.25) is 0 Å². The Bertz CT molecular complexity index is 81.4. The zero-order valence-corrected chi connectivity index (χ0v) is 4.50. The number of allylic oxidation sites excluding steroid dienone is 1. The van der Waals surface area contributed by atoms with Gasteiger partial charge in [0.15, 0.2) is 0 Å². The lowest BCUT2D eigenvalue weighted by Gasteiger charge is -1.99. The summed E-state index contributed by atoms with van der Waals surface area (Å²) in [6.45, 7) is 4.77. The predicted octanol–water partition coefficient (Wildman–Crippen LogP) is -0.562. The van der Waals surface area contributed by atoms with E-state index in [1.807, 2.05) is 0 Å². The van der Waals surface area contributed by atoms with Gasteiger partial charge >= 0.3 is 7.32 Å². The van der Waals surface area contributed by atoms with Crippen LogP contribution >= 0.6 is 0 Å². The van der Waals surface area contributed by atoms with Crippen molar-refractivity contribution in [2.24, 2.45) is 0 Å². The molecule has 0 spiro atoms. The van der Waals surface area contributed by atoms with Gasteiger partial charge in [-0.25, -0.2) is 0 Å². The zero-order chi connectivity index (χ0) is 6.57.